The summed E-state index contributed by atoms with van der Waals surface area (Å²) >= 11 is 0. The SMILES string of the molecule is CCCCOC(=O)c1cccc(-c2nc(OC3CCCC3)cc(C(=O)NC(CC)C(=O)N3CCN(C(=O)OCc4ccccc4)CC3)n2)c1. The van der Waals surface area contributed by atoms with Crippen molar-refractivity contribution in [3.63, 3.8) is 0 Å². The quantitative estimate of drug-likeness (QED) is 0.187. The van der Waals surface area contributed by atoms with Gasteiger partial charge in [0.2, 0.25) is 11.8 Å². The highest BCUT2D eigenvalue weighted by atomic mass is 16.6. The third-order valence-corrected chi connectivity index (χ3v) is 8.68. The lowest BCUT2D eigenvalue weighted by Gasteiger charge is -2.35. The van der Waals surface area contributed by atoms with Crippen LogP contribution in [0.25, 0.3) is 11.4 Å². The highest BCUT2D eigenvalue weighted by Crippen LogP contribution is 2.26. The number of nitrogens with zero attached hydrogens (tertiary/aromatic N) is 4. The molecule has 2 fully saturated rings. The van der Waals surface area contributed by atoms with Gasteiger partial charge in [-0.1, -0.05) is 62.7 Å². The minimum atomic E-state index is -0.803. The molecular weight excluding hydrogens is 626 g/mol. The van der Waals surface area contributed by atoms with Gasteiger partial charge in [-0.3, -0.25) is 9.59 Å². The first kappa shape index (κ1) is 35.3. The van der Waals surface area contributed by atoms with Gasteiger partial charge in [0.05, 0.1) is 12.2 Å². The van der Waals surface area contributed by atoms with Crippen molar-refractivity contribution < 1.29 is 33.4 Å². The molecular formula is C37H45N5O7. The highest BCUT2D eigenvalue weighted by molar-refractivity contribution is 5.97. The van der Waals surface area contributed by atoms with E-state index >= 15 is 0 Å². The highest BCUT2D eigenvalue weighted by Gasteiger charge is 2.30. The van der Waals surface area contributed by atoms with Crippen LogP contribution in [0.3, 0.4) is 0 Å². The van der Waals surface area contributed by atoms with Gasteiger partial charge < -0.3 is 29.3 Å². The fraction of sp³-hybridized carbons (Fsp3) is 0.459. The van der Waals surface area contributed by atoms with Crippen molar-refractivity contribution in [1.29, 1.82) is 0 Å². The molecule has 12 heteroatoms. The molecule has 1 aliphatic heterocycles. The second-order valence-electron chi connectivity index (χ2n) is 12.3. The second-order valence-corrected chi connectivity index (χ2v) is 12.3. The lowest BCUT2D eigenvalue weighted by atomic mass is 10.1. The van der Waals surface area contributed by atoms with Gasteiger partial charge in [-0.2, -0.15) is 4.98 Å². The van der Waals surface area contributed by atoms with Gasteiger partial charge in [-0.05, 0) is 56.2 Å². The number of nitrogens with one attached hydrogen (secondary N) is 1. The zero-order chi connectivity index (χ0) is 34.6. The maximum atomic E-state index is 13.7. The predicted octanol–water partition coefficient (Wildman–Crippen LogP) is 5.41. The molecule has 0 bridgehead atoms. The molecule has 12 nitrogen and oxygen atoms in total. The van der Waals surface area contributed by atoms with Gasteiger partial charge in [0.15, 0.2) is 5.82 Å². The van der Waals surface area contributed by atoms with Crippen molar-refractivity contribution in [2.75, 3.05) is 32.8 Å². The van der Waals surface area contributed by atoms with E-state index in [9.17, 15) is 19.2 Å². The van der Waals surface area contributed by atoms with Crippen LogP contribution in [0.2, 0.25) is 0 Å². The standard InChI is InChI=1S/C37H45N5O7/c1-3-5-22-47-36(45)28-15-11-14-27(23-28)33-38-31(24-32(40-33)49-29-16-9-10-17-29)34(43)39-30(4-2)35(44)41-18-20-42(21-19-41)37(46)48-25-26-12-7-6-8-13-26/h6-8,11-15,23-24,29-30H,3-5,9-10,16-22,25H2,1-2H3,(H,39,43). The first-order valence-electron chi connectivity index (χ1n) is 17.2. The predicted molar refractivity (Wildman–Crippen MR) is 182 cm³/mol. The summed E-state index contributed by atoms with van der Waals surface area (Å²) in [4.78, 5) is 64.8. The van der Waals surface area contributed by atoms with Crippen LogP contribution in [0, 0.1) is 0 Å². The zero-order valence-electron chi connectivity index (χ0n) is 28.3. The van der Waals surface area contributed by atoms with E-state index < -0.39 is 24.0 Å². The number of benzene rings is 2. The summed E-state index contributed by atoms with van der Waals surface area (Å²) in [6.07, 6.45) is 5.50. The molecule has 1 N–H and O–H groups in total. The Kier molecular flexibility index (Phi) is 12.5. The summed E-state index contributed by atoms with van der Waals surface area (Å²) in [6, 6.07) is 16.9. The molecule has 49 heavy (non-hydrogen) atoms. The van der Waals surface area contributed by atoms with E-state index in [0.717, 1.165) is 44.1 Å². The van der Waals surface area contributed by atoms with Crippen LogP contribution in [-0.4, -0.2) is 88.6 Å². The van der Waals surface area contributed by atoms with Gasteiger partial charge in [-0.25, -0.2) is 14.6 Å². The van der Waals surface area contributed by atoms with E-state index in [4.69, 9.17) is 14.2 Å². The van der Waals surface area contributed by atoms with Crippen LogP contribution in [0.4, 0.5) is 4.79 Å². The summed E-state index contributed by atoms with van der Waals surface area (Å²) in [7, 11) is 0. The molecule has 1 unspecified atom stereocenters. The number of esters is 1. The summed E-state index contributed by atoms with van der Waals surface area (Å²) < 4.78 is 17.0. The number of aromatic nitrogens is 2. The van der Waals surface area contributed by atoms with Crippen LogP contribution in [0.1, 0.15) is 85.2 Å². The molecule has 1 atom stereocenters. The van der Waals surface area contributed by atoms with Gasteiger partial charge in [0, 0.05) is 37.8 Å². The van der Waals surface area contributed by atoms with Crippen LogP contribution in [-0.2, 0) is 20.9 Å². The van der Waals surface area contributed by atoms with Crippen molar-refractivity contribution in [3.8, 4) is 17.3 Å². The molecule has 1 aliphatic carbocycles. The van der Waals surface area contributed by atoms with E-state index in [1.54, 1.807) is 34.1 Å². The van der Waals surface area contributed by atoms with Crippen LogP contribution in [0.15, 0.2) is 60.7 Å². The Hall–Kier alpha value is -5.00. The molecule has 1 saturated heterocycles. The van der Waals surface area contributed by atoms with Gasteiger partial charge >= 0.3 is 12.1 Å². The Morgan fingerprint density at radius 2 is 1.61 bits per heavy atom. The molecule has 2 aromatic carbocycles. The number of piperazine rings is 1. The van der Waals surface area contributed by atoms with E-state index in [0.29, 0.717) is 50.3 Å². The maximum Gasteiger partial charge on any atom is 0.410 e. The fourth-order valence-corrected chi connectivity index (χ4v) is 5.80. The Balaban J connectivity index is 1.25. The van der Waals surface area contributed by atoms with E-state index in [1.807, 2.05) is 44.2 Å². The minimum absolute atomic E-state index is 0.0159. The molecule has 5 rings (SSSR count). The van der Waals surface area contributed by atoms with Crippen molar-refractivity contribution in [2.24, 2.45) is 0 Å². The van der Waals surface area contributed by atoms with Crippen molar-refractivity contribution in [3.05, 3.63) is 77.5 Å². The Morgan fingerprint density at radius 3 is 2.33 bits per heavy atom. The molecule has 1 saturated carbocycles. The van der Waals surface area contributed by atoms with Crippen LogP contribution >= 0.6 is 0 Å². The minimum Gasteiger partial charge on any atom is -0.474 e. The lowest BCUT2D eigenvalue weighted by Crippen LogP contribution is -2.55. The number of rotatable bonds is 13. The zero-order valence-corrected chi connectivity index (χ0v) is 28.3. The third kappa shape index (κ3) is 9.77. The number of ether oxygens (including phenoxy) is 3. The van der Waals surface area contributed by atoms with E-state index in [2.05, 4.69) is 15.3 Å². The number of unbranched alkanes of at least 4 members (excludes halogenated alkanes) is 1. The van der Waals surface area contributed by atoms with Gasteiger partial charge in [0.25, 0.3) is 5.91 Å². The van der Waals surface area contributed by atoms with E-state index in [-0.39, 0.29) is 36.0 Å². The number of carbonyl (C=O) groups is 4. The number of hydrogen-bond donors (Lipinski definition) is 1. The maximum absolute atomic E-state index is 13.7. The van der Waals surface area contributed by atoms with Crippen LogP contribution < -0.4 is 10.1 Å². The normalized spacial score (nSPS) is 15.4. The smallest absolute Gasteiger partial charge is 0.410 e. The molecule has 2 heterocycles. The lowest BCUT2D eigenvalue weighted by molar-refractivity contribution is -0.135. The Bertz CT molecular complexity index is 1590. The van der Waals surface area contributed by atoms with Crippen LogP contribution in [0.5, 0.6) is 5.88 Å². The summed E-state index contributed by atoms with van der Waals surface area (Å²) in [5.41, 5.74) is 1.83. The first-order chi connectivity index (χ1) is 23.8. The Morgan fingerprint density at radius 1 is 0.878 bits per heavy atom. The van der Waals surface area contributed by atoms with Crippen molar-refractivity contribution in [1.82, 2.24) is 25.1 Å². The topological polar surface area (TPSA) is 140 Å². The molecule has 3 aromatic rings. The largest absolute Gasteiger partial charge is 0.474 e. The average Bonchev–Trinajstić information content (AvgIpc) is 3.66. The third-order valence-electron chi connectivity index (χ3n) is 8.68. The van der Waals surface area contributed by atoms with E-state index in [1.165, 1.54) is 6.07 Å². The first-order valence-corrected chi connectivity index (χ1v) is 17.2. The van der Waals surface area contributed by atoms with Crippen molar-refractivity contribution in [2.45, 2.75) is 77.5 Å². The molecule has 0 spiro atoms. The number of amides is 3. The molecule has 2 aliphatic rings. The molecule has 3 amide bonds. The van der Waals surface area contributed by atoms with Gasteiger partial charge in [-0.15, -0.1) is 0 Å². The number of carbonyl (C=O) groups excluding carboxylic acids is 4. The summed E-state index contributed by atoms with van der Waals surface area (Å²) in [5.74, 6) is -0.746. The average molecular weight is 672 g/mol. The van der Waals surface area contributed by atoms with Gasteiger partial charge in [0.1, 0.15) is 24.4 Å². The van der Waals surface area contributed by atoms with Crippen molar-refractivity contribution >= 4 is 23.9 Å². The monoisotopic (exact) mass is 671 g/mol. The molecule has 260 valence electrons. The fourth-order valence-electron chi connectivity index (χ4n) is 5.80. The Labute approximate surface area is 287 Å². The number of hydrogen-bond acceptors (Lipinski definition) is 9. The summed E-state index contributed by atoms with van der Waals surface area (Å²) in [6.45, 7) is 5.65. The molecule has 0 radical (unpaired) electrons. The molecule has 1 aromatic heterocycles. The second kappa shape index (κ2) is 17.4. The summed E-state index contributed by atoms with van der Waals surface area (Å²) in [5, 5.41) is 2.86.